The Bertz CT molecular complexity index is 912. The average molecular weight is 471 g/mol. The third-order valence-corrected chi connectivity index (χ3v) is 4.66. The quantitative estimate of drug-likeness (QED) is 0.488. The molecular formula is C26H34N2O6. The molecule has 184 valence electrons. The molecule has 2 aromatic rings. The van der Waals surface area contributed by atoms with Crippen LogP contribution in [-0.2, 0) is 36.8 Å². The van der Waals surface area contributed by atoms with E-state index < -0.39 is 29.6 Å². The van der Waals surface area contributed by atoms with Gasteiger partial charge in [-0.25, -0.2) is 4.79 Å². The highest BCUT2D eigenvalue weighted by molar-refractivity contribution is 5.89. The van der Waals surface area contributed by atoms with Gasteiger partial charge in [0.1, 0.15) is 18.2 Å². The number of methoxy groups -OCH3 is 1. The molecule has 0 aromatic heterocycles. The summed E-state index contributed by atoms with van der Waals surface area (Å²) in [5.74, 6) is -1.15. The smallest absolute Gasteiger partial charge is 0.408 e. The van der Waals surface area contributed by atoms with E-state index in [0.29, 0.717) is 6.42 Å². The summed E-state index contributed by atoms with van der Waals surface area (Å²) in [5.41, 5.74) is 1.08. The maximum Gasteiger partial charge on any atom is 0.408 e. The van der Waals surface area contributed by atoms with Crippen LogP contribution in [0, 0.1) is 0 Å². The number of amides is 2. The zero-order chi connectivity index (χ0) is 25.0. The number of rotatable bonds is 11. The van der Waals surface area contributed by atoms with E-state index in [1.807, 2.05) is 60.7 Å². The van der Waals surface area contributed by atoms with Gasteiger partial charge in [-0.3, -0.25) is 9.59 Å². The zero-order valence-electron chi connectivity index (χ0n) is 20.2. The molecule has 0 radical (unpaired) electrons. The summed E-state index contributed by atoms with van der Waals surface area (Å²) in [6.07, 6.45) is -0.615. The number of nitrogens with one attached hydrogen (secondary N) is 2. The third kappa shape index (κ3) is 10.5. The van der Waals surface area contributed by atoms with Crippen molar-refractivity contribution in [3.8, 4) is 0 Å². The summed E-state index contributed by atoms with van der Waals surface area (Å²) in [4.78, 5) is 37.9. The number of hydrogen-bond acceptors (Lipinski definition) is 6. The molecule has 0 spiro atoms. The van der Waals surface area contributed by atoms with Crippen LogP contribution in [0.2, 0.25) is 0 Å². The van der Waals surface area contributed by atoms with Gasteiger partial charge in [0.15, 0.2) is 0 Å². The van der Waals surface area contributed by atoms with Crippen LogP contribution in [0.1, 0.15) is 38.3 Å². The summed E-state index contributed by atoms with van der Waals surface area (Å²) in [6.45, 7) is 5.47. The van der Waals surface area contributed by atoms with Gasteiger partial charge in [-0.15, -0.1) is 0 Å². The van der Waals surface area contributed by atoms with Crippen LogP contribution < -0.4 is 10.6 Å². The van der Waals surface area contributed by atoms with Crippen molar-refractivity contribution in [3.05, 3.63) is 71.8 Å². The molecule has 0 fully saturated rings. The van der Waals surface area contributed by atoms with Gasteiger partial charge in [0.05, 0.1) is 19.1 Å². The average Bonchev–Trinajstić information content (AvgIpc) is 2.77. The zero-order valence-corrected chi connectivity index (χ0v) is 20.2. The van der Waals surface area contributed by atoms with Gasteiger partial charge in [0.2, 0.25) is 5.91 Å². The molecule has 34 heavy (non-hydrogen) atoms. The Balaban J connectivity index is 2.06. The van der Waals surface area contributed by atoms with Crippen LogP contribution in [0.15, 0.2) is 60.7 Å². The minimum Gasteiger partial charge on any atom is -0.461 e. The van der Waals surface area contributed by atoms with Gasteiger partial charge >= 0.3 is 12.1 Å². The van der Waals surface area contributed by atoms with E-state index in [1.165, 1.54) is 0 Å². The number of benzene rings is 2. The maximum atomic E-state index is 13.1. The Morgan fingerprint density at radius 1 is 0.882 bits per heavy atom. The van der Waals surface area contributed by atoms with Gasteiger partial charge in [0.25, 0.3) is 0 Å². The van der Waals surface area contributed by atoms with Crippen molar-refractivity contribution in [1.29, 1.82) is 0 Å². The van der Waals surface area contributed by atoms with Crippen molar-refractivity contribution >= 4 is 18.0 Å². The highest BCUT2D eigenvalue weighted by Crippen LogP contribution is 2.09. The second kappa shape index (κ2) is 13.3. The second-order valence-electron chi connectivity index (χ2n) is 8.90. The van der Waals surface area contributed by atoms with E-state index in [1.54, 1.807) is 27.9 Å². The Kier molecular flexibility index (Phi) is 10.5. The molecule has 1 unspecified atom stereocenters. The number of alkyl carbamates (subject to hydrolysis) is 1. The fourth-order valence-electron chi connectivity index (χ4n) is 3.18. The second-order valence-corrected chi connectivity index (χ2v) is 8.90. The molecule has 0 bridgehead atoms. The molecule has 2 atom stereocenters. The Morgan fingerprint density at radius 2 is 1.47 bits per heavy atom. The number of ether oxygens (including phenoxy) is 3. The van der Waals surface area contributed by atoms with Gasteiger partial charge in [-0.1, -0.05) is 60.7 Å². The largest absolute Gasteiger partial charge is 0.461 e. The van der Waals surface area contributed by atoms with Gasteiger partial charge < -0.3 is 24.8 Å². The van der Waals surface area contributed by atoms with Crippen molar-refractivity contribution in [2.45, 2.75) is 57.9 Å². The fraction of sp³-hybridized carbons (Fsp3) is 0.423. The van der Waals surface area contributed by atoms with Gasteiger partial charge in [-0.05, 0) is 38.3 Å². The van der Waals surface area contributed by atoms with Crippen molar-refractivity contribution < 1.29 is 28.6 Å². The fourth-order valence-corrected chi connectivity index (χ4v) is 3.18. The van der Waals surface area contributed by atoms with E-state index in [9.17, 15) is 14.4 Å². The van der Waals surface area contributed by atoms with Crippen LogP contribution in [-0.4, -0.2) is 49.4 Å². The molecule has 2 N–H and O–H groups in total. The molecule has 0 aliphatic carbocycles. The first-order valence-corrected chi connectivity index (χ1v) is 11.2. The van der Waals surface area contributed by atoms with E-state index in [2.05, 4.69) is 10.6 Å². The van der Waals surface area contributed by atoms with Crippen molar-refractivity contribution in [3.63, 3.8) is 0 Å². The number of hydrogen-bond donors (Lipinski definition) is 2. The van der Waals surface area contributed by atoms with Crippen LogP contribution >= 0.6 is 0 Å². The molecule has 8 heteroatoms. The molecular weight excluding hydrogens is 436 g/mol. The lowest BCUT2D eigenvalue weighted by Crippen LogP contribution is -2.52. The molecule has 2 rings (SSSR count). The van der Waals surface area contributed by atoms with E-state index in [-0.39, 0.29) is 25.7 Å². The molecule has 2 aromatic carbocycles. The van der Waals surface area contributed by atoms with E-state index in [0.717, 1.165) is 11.1 Å². The van der Waals surface area contributed by atoms with Crippen LogP contribution in [0.5, 0.6) is 0 Å². The summed E-state index contributed by atoms with van der Waals surface area (Å²) in [7, 11) is 1.54. The number of esters is 1. The minimum absolute atomic E-state index is 0.0702. The summed E-state index contributed by atoms with van der Waals surface area (Å²) >= 11 is 0. The van der Waals surface area contributed by atoms with E-state index in [4.69, 9.17) is 14.2 Å². The Hall–Kier alpha value is -3.39. The third-order valence-electron chi connectivity index (χ3n) is 4.66. The van der Waals surface area contributed by atoms with Crippen molar-refractivity contribution in [1.82, 2.24) is 10.6 Å². The molecule has 0 aliphatic rings. The predicted octanol–water partition coefficient (Wildman–Crippen LogP) is 3.39. The summed E-state index contributed by atoms with van der Waals surface area (Å²) in [6, 6.07) is 17.3. The van der Waals surface area contributed by atoms with Crippen LogP contribution in [0.3, 0.4) is 0 Å². The Labute approximate surface area is 201 Å². The first-order chi connectivity index (χ1) is 16.2. The van der Waals surface area contributed by atoms with Gasteiger partial charge in [-0.2, -0.15) is 0 Å². The molecule has 0 aliphatic heterocycles. The lowest BCUT2D eigenvalue weighted by molar-refractivity contribution is -0.147. The predicted molar refractivity (Wildman–Crippen MR) is 128 cm³/mol. The molecule has 0 saturated heterocycles. The topological polar surface area (TPSA) is 103 Å². The van der Waals surface area contributed by atoms with Crippen molar-refractivity contribution in [2.75, 3.05) is 13.7 Å². The highest BCUT2D eigenvalue weighted by atomic mass is 16.6. The first kappa shape index (κ1) is 26.9. The number of carbonyl (C=O) groups is 3. The minimum atomic E-state index is -1.17. The van der Waals surface area contributed by atoms with Crippen molar-refractivity contribution in [2.24, 2.45) is 0 Å². The van der Waals surface area contributed by atoms with Gasteiger partial charge in [0, 0.05) is 7.11 Å². The number of carbonyl (C=O) groups excluding carboxylic acids is 3. The summed E-state index contributed by atoms with van der Waals surface area (Å²) in [5, 5.41) is 5.37. The highest BCUT2D eigenvalue weighted by Gasteiger charge is 2.29. The lowest BCUT2D eigenvalue weighted by atomic mass is 10.1. The summed E-state index contributed by atoms with van der Waals surface area (Å²) < 4.78 is 15.8. The standard InChI is InChI=1S/C26H34N2O6/c1-26(2,3)34-25(31)28-22(16-23(29)33-17-20-13-9-6-10-14-20)24(30)27-21(18-32-4)15-19-11-7-5-8-12-19/h5-14,21-22H,15-18H2,1-4H3,(H,27,30)(H,28,31)/t21-,22?/m0/s1. The lowest BCUT2D eigenvalue weighted by Gasteiger charge is -2.25. The normalized spacial score (nSPS) is 12.8. The maximum absolute atomic E-state index is 13.1. The van der Waals surface area contributed by atoms with Crippen LogP contribution in [0.25, 0.3) is 0 Å². The molecule has 0 saturated carbocycles. The molecule has 0 heterocycles. The first-order valence-electron chi connectivity index (χ1n) is 11.2. The SMILES string of the molecule is COC[C@H](Cc1ccccc1)NC(=O)C(CC(=O)OCc1ccccc1)NC(=O)OC(C)(C)C. The molecule has 2 amide bonds. The van der Waals surface area contributed by atoms with E-state index >= 15 is 0 Å². The molecule has 8 nitrogen and oxygen atoms in total. The van der Waals surface area contributed by atoms with Crippen LogP contribution in [0.4, 0.5) is 4.79 Å². The Morgan fingerprint density at radius 3 is 2.03 bits per heavy atom. The monoisotopic (exact) mass is 470 g/mol.